The van der Waals surface area contributed by atoms with Crippen molar-refractivity contribution >= 4 is 17.5 Å². The number of carbonyl (C=O) groups excluding carboxylic acids is 2. The van der Waals surface area contributed by atoms with E-state index in [-0.39, 0.29) is 0 Å². The number of fused-ring (bicyclic) bond motifs is 1. The molecular weight excluding hydrogens is 320 g/mol. The average molecular weight is 340 g/mol. The SMILES string of the molecule is COc1ccc(CCNC(=O)C2(C)Oc3ccccc3NC2=O)cc1. The molecule has 0 saturated carbocycles. The Balaban J connectivity index is 1.61. The van der Waals surface area contributed by atoms with E-state index in [2.05, 4.69) is 10.6 Å². The number of para-hydroxylation sites is 2. The summed E-state index contributed by atoms with van der Waals surface area (Å²) in [6, 6.07) is 14.6. The lowest BCUT2D eigenvalue weighted by molar-refractivity contribution is -0.146. The molecule has 1 aliphatic heterocycles. The van der Waals surface area contributed by atoms with Crippen LogP contribution in [0.25, 0.3) is 0 Å². The van der Waals surface area contributed by atoms with E-state index in [4.69, 9.17) is 9.47 Å². The second kappa shape index (κ2) is 6.84. The summed E-state index contributed by atoms with van der Waals surface area (Å²) < 4.78 is 10.8. The molecule has 0 saturated heterocycles. The van der Waals surface area contributed by atoms with Crippen LogP contribution in [0.1, 0.15) is 12.5 Å². The van der Waals surface area contributed by atoms with Gasteiger partial charge in [0.25, 0.3) is 17.4 Å². The quantitative estimate of drug-likeness (QED) is 0.818. The summed E-state index contributed by atoms with van der Waals surface area (Å²) in [7, 11) is 1.61. The van der Waals surface area contributed by atoms with Crippen molar-refractivity contribution < 1.29 is 19.1 Å². The number of ether oxygens (including phenoxy) is 2. The molecule has 130 valence electrons. The molecule has 0 fully saturated rings. The van der Waals surface area contributed by atoms with Crippen molar-refractivity contribution in [2.24, 2.45) is 0 Å². The molecule has 3 rings (SSSR count). The van der Waals surface area contributed by atoms with E-state index in [1.54, 1.807) is 31.4 Å². The molecule has 2 aromatic carbocycles. The zero-order chi connectivity index (χ0) is 17.9. The lowest BCUT2D eigenvalue weighted by Crippen LogP contribution is -2.58. The Morgan fingerprint density at radius 1 is 1.20 bits per heavy atom. The standard InChI is InChI=1S/C19H20N2O4/c1-19(18(23)21-15-5-3-4-6-16(15)25-19)17(22)20-12-11-13-7-9-14(24-2)10-8-13/h3-10H,11-12H2,1-2H3,(H,20,22)(H,21,23). The van der Waals surface area contributed by atoms with E-state index in [0.29, 0.717) is 24.4 Å². The second-order valence-electron chi connectivity index (χ2n) is 5.94. The lowest BCUT2D eigenvalue weighted by atomic mass is 10.0. The van der Waals surface area contributed by atoms with Crippen LogP contribution in [0.2, 0.25) is 0 Å². The van der Waals surface area contributed by atoms with Gasteiger partial charge in [-0.25, -0.2) is 0 Å². The van der Waals surface area contributed by atoms with Crippen LogP contribution in [0.5, 0.6) is 11.5 Å². The average Bonchev–Trinajstić information content (AvgIpc) is 2.63. The minimum Gasteiger partial charge on any atom is -0.497 e. The zero-order valence-corrected chi connectivity index (χ0v) is 14.2. The predicted octanol–water partition coefficient (Wildman–Crippen LogP) is 2.14. The molecule has 1 aliphatic rings. The monoisotopic (exact) mass is 340 g/mol. The summed E-state index contributed by atoms with van der Waals surface area (Å²) in [5, 5.41) is 5.49. The van der Waals surface area contributed by atoms with Crippen molar-refractivity contribution in [3.8, 4) is 11.5 Å². The van der Waals surface area contributed by atoms with Gasteiger partial charge in [-0.2, -0.15) is 0 Å². The Morgan fingerprint density at radius 3 is 2.64 bits per heavy atom. The highest BCUT2D eigenvalue weighted by molar-refractivity contribution is 6.15. The highest BCUT2D eigenvalue weighted by Crippen LogP contribution is 2.33. The van der Waals surface area contributed by atoms with Gasteiger partial charge in [-0.05, 0) is 43.2 Å². The fraction of sp³-hybridized carbons (Fsp3) is 0.263. The normalized spacial score (nSPS) is 18.6. The molecule has 1 unspecified atom stereocenters. The van der Waals surface area contributed by atoms with Crippen LogP contribution in [-0.4, -0.2) is 31.1 Å². The first kappa shape index (κ1) is 16.8. The van der Waals surface area contributed by atoms with Crippen molar-refractivity contribution in [2.45, 2.75) is 18.9 Å². The lowest BCUT2D eigenvalue weighted by Gasteiger charge is -2.33. The molecule has 6 nitrogen and oxygen atoms in total. The van der Waals surface area contributed by atoms with Crippen LogP contribution in [0, 0.1) is 0 Å². The van der Waals surface area contributed by atoms with E-state index < -0.39 is 17.4 Å². The summed E-state index contributed by atoms with van der Waals surface area (Å²) in [5.74, 6) is 0.322. The van der Waals surface area contributed by atoms with Gasteiger partial charge in [0.15, 0.2) is 0 Å². The van der Waals surface area contributed by atoms with E-state index in [1.165, 1.54) is 6.92 Å². The van der Waals surface area contributed by atoms with E-state index >= 15 is 0 Å². The van der Waals surface area contributed by atoms with Gasteiger partial charge in [0.05, 0.1) is 12.8 Å². The van der Waals surface area contributed by atoms with Gasteiger partial charge in [0, 0.05) is 6.54 Å². The Morgan fingerprint density at radius 2 is 1.92 bits per heavy atom. The Kier molecular flexibility index (Phi) is 4.61. The van der Waals surface area contributed by atoms with Gasteiger partial charge in [-0.3, -0.25) is 9.59 Å². The molecule has 0 aliphatic carbocycles. The van der Waals surface area contributed by atoms with Gasteiger partial charge >= 0.3 is 0 Å². The molecule has 1 atom stereocenters. The number of carbonyl (C=O) groups is 2. The van der Waals surface area contributed by atoms with Gasteiger partial charge in [-0.15, -0.1) is 0 Å². The topological polar surface area (TPSA) is 76.7 Å². The number of hydrogen-bond acceptors (Lipinski definition) is 4. The number of amides is 2. The number of methoxy groups -OCH3 is 1. The maximum Gasteiger partial charge on any atom is 0.278 e. The van der Waals surface area contributed by atoms with Gasteiger partial charge in [0.1, 0.15) is 11.5 Å². The molecule has 1 heterocycles. The van der Waals surface area contributed by atoms with Gasteiger partial charge in [0.2, 0.25) is 0 Å². The zero-order valence-electron chi connectivity index (χ0n) is 14.2. The number of benzene rings is 2. The molecule has 2 amide bonds. The first-order valence-electron chi connectivity index (χ1n) is 8.03. The molecule has 2 aromatic rings. The van der Waals surface area contributed by atoms with Gasteiger partial charge < -0.3 is 20.1 Å². The summed E-state index contributed by atoms with van der Waals surface area (Å²) in [5.41, 5.74) is 0.0375. The van der Waals surface area contributed by atoms with Crippen LogP contribution in [-0.2, 0) is 16.0 Å². The fourth-order valence-corrected chi connectivity index (χ4v) is 2.60. The molecule has 0 radical (unpaired) electrons. The van der Waals surface area contributed by atoms with Crippen molar-refractivity contribution in [1.82, 2.24) is 5.32 Å². The summed E-state index contributed by atoms with van der Waals surface area (Å²) >= 11 is 0. The maximum atomic E-state index is 12.5. The number of rotatable bonds is 5. The number of nitrogens with one attached hydrogen (secondary N) is 2. The molecule has 2 N–H and O–H groups in total. The van der Waals surface area contributed by atoms with Crippen LogP contribution in [0.3, 0.4) is 0 Å². The van der Waals surface area contributed by atoms with Crippen molar-refractivity contribution in [3.05, 3.63) is 54.1 Å². The Hall–Kier alpha value is -3.02. The summed E-state index contributed by atoms with van der Waals surface area (Å²) in [6.07, 6.45) is 0.643. The fourth-order valence-electron chi connectivity index (χ4n) is 2.60. The van der Waals surface area contributed by atoms with E-state index in [1.807, 2.05) is 24.3 Å². The molecule has 0 bridgehead atoms. The largest absolute Gasteiger partial charge is 0.497 e. The molecule has 25 heavy (non-hydrogen) atoms. The Labute approximate surface area is 146 Å². The minimum atomic E-state index is -1.59. The highest BCUT2D eigenvalue weighted by Gasteiger charge is 2.46. The molecular formula is C19H20N2O4. The first-order chi connectivity index (χ1) is 12.0. The number of anilines is 1. The first-order valence-corrected chi connectivity index (χ1v) is 8.03. The van der Waals surface area contributed by atoms with Crippen molar-refractivity contribution in [2.75, 3.05) is 19.0 Å². The highest BCUT2D eigenvalue weighted by atomic mass is 16.5. The van der Waals surface area contributed by atoms with Crippen molar-refractivity contribution in [3.63, 3.8) is 0 Å². The second-order valence-corrected chi connectivity index (χ2v) is 5.94. The number of hydrogen-bond donors (Lipinski definition) is 2. The van der Waals surface area contributed by atoms with Crippen LogP contribution >= 0.6 is 0 Å². The molecule has 6 heteroatoms. The summed E-state index contributed by atoms with van der Waals surface area (Å²) in [4.78, 5) is 24.8. The van der Waals surface area contributed by atoms with E-state index in [0.717, 1.165) is 11.3 Å². The molecule has 0 aromatic heterocycles. The maximum absolute atomic E-state index is 12.5. The van der Waals surface area contributed by atoms with Crippen LogP contribution < -0.4 is 20.1 Å². The van der Waals surface area contributed by atoms with Crippen molar-refractivity contribution in [1.29, 1.82) is 0 Å². The van der Waals surface area contributed by atoms with Crippen LogP contribution in [0.4, 0.5) is 5.69 Å². The molecule has 0 spiro atoms. The summed E-state index contributed by atoms with van der Waals surface area (Å²) in [6.45, 7) is 1.88. The Bertz CT molecular complexity index is 788. The van der Waals surface area contributed by atoms with E-state index in [9.17, 15) is 9.59 Å². The third kappa shape index (κ3) is 3.42. The smallest absolute Gasteiger partial charge is 0.278 e. The minimum absolute atomic E-state index is 0.402. The van der Waals surface area contributed by atoms with Crippen LogP contribution in [0.15, 0.2) is 48.5 Å². The predicted molar refractivity (Wildman–Crippen MR) is 93.8 cm³/mol. The third-order valence-corrected chi connectivity index (χ3v) is 4.17. The third-order valence-electron chi connectivity index (χ3n) is 4.17. The van der Waals surface area contributed by atoms with Gasteiger partial charge in [-0.1, -0.05) is 24.3 Å².